The van der Waals surface area contributed by atoms with Gasteiger partial charge in [-0.25, -0.2) is 9.59 Å². The second-order valence-corrected chi connectivity index (χ2v) is 20.4. The van der Waals surface area contributed by atoms with Crippen LogP contribution in [0.15, 0.2) is 11.6 Å². The highest BCUT2D eigenvalue weighted by atomic mass is 16.8. The number of fused-ring (bicyclic) bond motifs is 1. The normalized spacial score (nSPS) is 39.8. The first kappa shape index (κ1) is 46.9. The van der Waals surface area contributed by atoms with E-state index < -0.39 is 106 Å². The largest absolute Gasteiger partial charge is 0.509 e. The molecule has 0 aromatic rings. The molecule has 13 heteroatoms. The minimum atomic E-state index is -1.77. The predicted molar refractivity (Wildman–Crippen MR) is 220 cm³/mol. The summed E-state index contributed by atoms with van der Waals surface area (Å²) in [4.78, 5) is 55.6. The molecule has 0 aromatic heterocycles. The lowest BCUT2D eigenvalue weighted by Crippen LogP contribution is -2.82. The highest BCUT2D eigenvalue weighted by Crippen LogP contribution is 2.74. The molecule has 2 unspecified atom stereocenters. The highest BCUT2D eigenvalue weighted by Gasteiger charge is 2.81. The van der Waals surface area contributed by atoms with E-state index in [0.717, 1.165) is 19.3 Å². The van der Waals surface area contributed by atoms with Gasteiger partial charge in [-0.2, -0.15) is 0 Å². The highest BCUT2D eigenvalue weighted by molar-refractivity contribution is 5.97. The van der Waals surface area contributed by atoms with Crippen molar-refractivity contribution in [2.75, 3.05) is 13.2 Å². The van der Waals surface area contributed by atoms with E-state index in [0.29, 0.717) is 18.4 Å². The zero-order valence-corrected chi connectivity index (χ0v) is 37.7. The molecule has 2 heterocycles. The number of aliphatic hydroxyl groups is 3. The average Bonchev–Trinajstić information content (AvgIpc) is 3.56. The zero-order valence-electron chi connectivity index (χ0n) is 37.7. The molecule has 1 spiro atoms. The second-order valence-electron chi connectivity index (χ2n) is 20.4. The van der Waals surface area contributed by atoms with Gasteiger partial charge in [-0.3, -0.25) is 9.59 Å². The number of carbonyl (C=O) groups is 4. The summed E-state index contributed by atoms with van der Waals surface area (Å²) in [5.74, 6) is -6.33. The molecule has 13 atom stereocenters. The molecule has 2 saturated heterocycles. The zero-order chi connectivity index (χ0) is 44.0. The van der Waals surface area contributed by atoms with Gasteiger partial charge in [0, 0.05) is 29.1 Å². The number of carbonyl (C=O) groups excluding carboxylic acids is 4. The molecular formula is C47H74O13. The van der Waals surface area contributed by atoms with E-state index in [1.54, 1.807) is 6.92 Å². The van der Waals surface area contributed by atoms with Gasteiger partial charge in [-0.15, -0.1) is 0 Å². The van der Waals surface area contributed by atoms with Crippen LogP contribution in [-0.4, -0.2) is 99.9 Å². The standard InChI is InChI=1S/C47H74O13/c1-10-11-12-13-14-15-16-17-19-43(8)56-26-31(60-43)25-55-42(52)59-39-33(48)22-29(6)32-23-34-45-20-18-21-46(53,41(45)44(32,39)9)38(50)30(7)36(45)37(40(51)57-34)58-35(49)24-47(54,27(2)3)28(4)5/h22,27-28,30-32,34,36-39,41,50,53-54H,10-21,23-26H2,1-9H3/t30-,31?,32+,34-,36-,37-,38-,39-,41-,43?,44-,45+,46-/m1/s1. The van der Waals surface area contributed by atoms with Crippen LogP contribution in [0, 0.1) is 46.3 Å². The number of ether oxygens (including phenoxy) is 6. The van der Waals surface area contributed by atoms with Gasteiger partial charge in [0.1, 0.15) is 18.8 Å². The van der Waals surface area contributed by atoms with Gasteiger partial charge in [-0.05, 0) is 75.7 Å². The second kappa shape index (κ2) is 17.9. The number of aliphatic hydroxyl groups excluding tert-OH is 1. The Labute approximate surface area is 357 Å². The van der Waals surface area contributed by atoms with E-state index in [1.165, 1.54) is 44.6 Å². The van der Waals surface area contributed by atoms with E-state index in [2.05, 4.69) is 6.92 Å². The number of allylic oxidation sites excluding steroid dienone is 1. The molecule has 340 valence electrons. The first-order valence-electron chi connectivity index (χ1n) is 23.1. The van der Waals surface area contributed by atoms with Crippen LogP contribution in [0.3, 0.4) is 0 Å². The number of hydrogen-bond donors (Lipinski definition) is 3. The minimum absolute atomic E-state index is 0.148. The lowest BCUT2D eigenvalue weighted by molar-refractivity contribution is -0.353. The Morgan fingerprint density at radius 2 is 1.63 bits per heavy atom. The number of ketones is 1. The SMILES string of the molecule is CCCCCCCCCCC1(C)OCC(COC(=O)O[C@@H]2C(=O)C=C(C)[C@@H]3C[C@H]4OC(=O)[C@H](OC(=O)CC(O)(C(C)C)C(C)C)[C@H]5[C@@H](C)[C@@H](O)[C@]6(O)CCC[C@@]54[C@H]6[C@@]23C)O1. The van der Waals surface area contributed by atoms with Gasteiger partial charge in [0.2, 0.25) is 6.10 Å². The molecule has 3 saturated carbocycles. The Bertz CT molecular complexity index is 1620. The van der Waals surface area contributed by atoms with Crippen molar-refractivity contribution >= 4 is 23.9 Å². The summed E-state index contributed by atoms with van der Waals surface area (Å²) < 4.78 is 36.2. The molecule has 3 N–H and O–H groups in total. The average molecular weight is 847 g/mol. The van der Waals surface area contributed by atoms with Gasteiger partial charge < -0.3 is 43.7 Å². The van der Waals surface area contributed by atoms with Gasteiger partial charge in [0.15, 0.2) is 17.7 Å². The summed E-state index contributed by atoms with van der Waals surface area (Å²) >= 11 is 0. The van der Waals surface area contributed by atoms with E-state index in [1.807, 2.05) is 48.5 Å². The molecule has 6 rings (SSSR count). The van der Waals surface area contributed by atoms with E-state index in [-0.39, 0.29) is 44.3 Å². The molecule has 6 aliphatic rings. The molecule has 0 aromatic carbocycles. The first-order chi connectivity index (χ1) is 28.2. The van der Waals surface area contributed by atoms with Crippen molar-refractivity contribution in [2.45, 2.75) is 200 Å². The lowest BCUT2D eigenvalue weighted by Gasteiger charge is -2.74. The van der Waals surface area contributed by atoms with Gasteiger partial charge >= 0.3 is 18.1 Å². The van der Waals surface area contributed by atoms with Crippen molar-refractivity contribution in [3.8, 4) is 0 Å². The summed E-state index contributed by atoms with van der Waals surface area (Å²) in [6.45, 7) is 16.9. The van der Waals surface area contributed by atoms with Crippen molar-refractivity contribution in [1.29, 1.82) is 0 Å². The van der Waals surface area contributed by atoms with Crippen LogP contribution in [0.4, 0.5) is 4.79 Å². The number of hydrogen-bond acceptors (Lipinski definition) is 13. The topological polar surface area (TPSA) is 184 Å². The third-order valence-electron chi connectivity index (χ3n) is 16.2. The molecule has 0 radical (unpaired) electrons. The van der Waals surface area contributed by atoms with Crippen molar-refractivity contribution in [3.63, 3.8) is 0 Å². The van der Waals surface area contributed by atoms with Crippen LogP contribution in [0.2, 0.25) is 0 Å². The maximum Gasteiger partial charge on any atom is 0.509 e. The number of rotatable bonds is 17. The van der Waals surface area contributed by atoms with Gasteiger partial charge in [0.05, 0.1) is 30.3 Å². The quantitative estimate of drug-likeness (QED) is 0.0763. The maximum absolute atomic E-state index is 14.2. The maximum atomic E-state index is 14.2. The summed E-state index contributed by atoms with van der Waals surface area (Å²) in [6.07, 6.45) is 6.13. The van der Waals surface area contributed by atoms with Crippen LogP contribution in [0.1, 0.15) is 152 Å². The van der Waals surface area contributed by atoms with Crippen molar-refractivity contribution in [1.82, 2.24) is 0 Å². The molecule has 4 aliphatic carbocycles. The van der Waals surface area contributed by atoms with Crippen LogP contribution in [0.25, 0.3) is 0 Å². The smallest absolute Gasteiger partial charge is 0.459 e. The van der Waals surface area contributed by atoms with E-state index >= 15 is 0 Å². The molecule has 5 fully saturated rings. The van der Waals surface area contributed by atoms with Crippen molar-refractivity contribution < 1.29 is 62.9 Å². The number of unbranched alkanes of at least 4 members (excludes halogenated alkanes) is 7. The Morgan fingerprint density at radius 3 is 2.28 bits per heavy atom. The molecule has 0 amide bonds. The first-order valence-corrected chi connectivity index (χ1v) is 23.1. The Hall–Kier alpha value is -2.58. The minimum Gasteiger partial charge on any atom is -0.459 e. The third-order valence-corrected chi connectivity index (χ3v) is 16.2. The molecule has 2 aliphatic heterocycles. The predicted octanol–water partition coefficient (Wildman–Crippen LogP) is 7.14. The summed E-state index contributed by atoms with van der Waals surface area (Å²) in [5.41, 5.74) is -4.85. The lowest BCUT2D eigenvalue weighted by atomic mass is 9.32. The Kier molecular flexibility index (Phi) is 14.0. The third kappa shape index (κ3) is 8.21. The van der Waals surface area contributed by atoms with Crippen LogP contribution < -0.4 is 0 Å². The fourth-order valence-corrected chi connectivity index (χ4v) is 13.2. The fourth-order valence-electron chi connectivity index (χ4n) is 13.2. The Balaban J connectivity index is 1.21. The van der Waals surface area contributed by atoms with E-state index in [9.17, 15) is 34.5 Å². The van der Waals surface area contributed by atoms with Gasteiger partial charge in [0.25, 0.3) is 0 Å². The molecule has 2 bridgehead atoms. The van der Waals surface area contributed by atoms with Gasteiger partial charge in [-0.1, -0.05) is 99.0 Å². The van der Waals surface area contributed by atoms with E-state index in [4.69, 9.17) is 28.4 Å². The summed E-state index contributed by atoms with van der Waals surface area (Å²) in [7, 11) is 0. The van der Waals surface area contributed by atoms with Crippen LogP contribution >= 0.6 is 0 Å². The van der Waals surface area contributed by atoms with Crippen LogP contribution in [-0.2, 0) is 42.8 Å². The fraction of sp³-hybridized carbons (Fsp3) is 0.872. The molecule has 60 heavy (non-hydrogen) atoms. The molecule has 13 nitrogen and oxygen atoms in total. The van der Waals surface area contributed by atoms with Crippen molar-refractivity contribution in [2.24, 2.45) is 46.3 Å². The summed E-state index contributed by atoms with van der Waals surface area (Å²) in [6, 6.07) is 0. The summed E-state index contributed by atoms with van der Waals surface area (Å²) in [5, 5.41) is 36.6. The number of esters is 2. The molecular weight excluding hydrogens is 773 g/mol. The van der Waals surface area contributed by atoms with Crippen LogP contribution in [0.5, 0.6) is 0 Å². The van der Waals surface area contributed by atoms with Crippen molar-refractivity contribution in [3.05, 3.63) is 11.6 Å². The Morgan fingerprint density at radius 1 is 0.983 bits per heavy atom. The monoisotopic (exact) mass is 847 g/mol.